The van der Waals surface area contributed by atoms with Gasteiger partial charge in [-0.25, -0.2) is 0 Å². The largest absolute Gasteiger partial charge is 0.466 e. The molecule has 0 aliphatic heterocycles. The molecule has 0 radical (unpaired) electrons. The van der Waals surface area contributed by atoms with Crippen LogP contribution >= 0.6 is 0 Å². The summed E-state index contributed by atoms with van der Waals surface area (Å²) in [5.74, 6) is 0.393. The van der Waals surface area contributed by atoms with Crippen molar-refractivity contribution in [3.05, 3.63) is 12.2 Å². The summed E-state index contributed by atoms with van der Waals surface area (Å²) in [5, 5.41) is 0. The van der Waals surface area contributed by atoms with Crippen LogP contribution in [0.3, 0.4) is 0 Å². The molecule has 1 fully saturated rings. The molecule has 0 bridgehead atoms. The van der Waals surface area contributed by atoms with Crippen molar-refractivity contribution in [3.63, 3.8) is 0 Å². The summed E-state index contributed by atoms with van der Waals surface area (Å²) in [6, 6.07) is 0. The molecule has 0 aromatic rings. The molecule has 15 heavy (non-hydrogen) atoms. The highest BCUT2D eigenvalue weighted by Crippen LogP contribution is 2.43. The molecule has 2 heteroatoms. The first-order chi connectivity index (χ1) is 6.94. The first-order valence-electron chi connectivity index (χ1n) is 5.73. The Kier molecular flexibility index (Phi) is 3.95. The molecule has 0 N–H and O–H groups in total. The number of hydrogen-bond acceptors (Lipinski definition) is 2. The second-order valence-electron chi connectivity index (χ2n) is 5.09. The summed E-state index contributed by atoms with van der Waals surface area (Å²) in [7, 11) is 0. The van der Waals surface area contributed by atoms with E-state index in [1.165, 1.54) is 25.3 Å². The Hall–Kier alpha value is -0.790. The molecular formula is C13H22O2. The molecule has 0 saturated heterocycles. The van der Waals surface area contributed by atoms with E-state index in [0.29, 0.717) is 17.9 Å². The van der Waals surface area contributed by atoms with Gasteiger partial charge in [0.15, 0.2) is 0 Å². The van der Waals surface area contributed by atoms with E-state index in [-0.39, 0.29) is 5.97 Å². The Balaban J connectivity index is 2.35. The van der Waals surface area contributed by atoms with Gasteiger partial charge in [0.2, 0.25) is 0 Å². The van der Waals surface area contributed by atoms with E-state index in [1.807, 2.05) is 0 Å². The van der Waals surface area contributed by atoms with Gasteiger partial charge in [0.05, 0.1) is 6.61 Å². The van der Waals surface area contributed by atoms with Gasteiger partial charge in [-0.3, -0.25) is 4.79 Å². The number of rotatable bonds is 3. The van der Waals surface area contributed by atoms with Crippen molar-refractivity contribution in [1.29, 1.82) is 0 Å². The summed E-state index contributed by atoms with van der Waals surface area (Å²) in [4.78, 5) is 10.7. The van der Waals surface area contributed by atoms with Crippen LogP contribution in [0, 0.1) is 11.3 Å². The second kappa shape index (κ2) is 4.82. The molecule has 1 aliphatic rings. The van der Waals surface area contributed by atoms with Gasteiger partial charge < -0.3 is 4.74 Å². The molecule has 1 rings (SSSR count). The van der Waals surface area contributed by atoms with Crippen molar-refractivity contribution in [2.45, 2.75) is 46.5 Å². The molecule has 0 aromatic carbocycles. The van der Waals surface area contributed by atoms with Gasteiger partial charge in [-0.1, -0.05) is 19.1 Å². The third kappa shape index (κ3) is 3.37. The van der Waals surface area contributed by atoms with E-state index in [4.69, 9.17) is 4.74 Å². The van der Waals surface area contributed by atoms with Gasteiger partial charge in [-0.05, 0) is 43.9 Å². The highest BCUT2D eigenvalue weighted by Gasteiger charge is 2.31. The molecule has 0 heterocycles. The molecule has 1 aliphatic carbocycles. The lowest BCUT2D eigenvalue weighted by Gasteiger charge is -2.37. The van der Waals surface area contributed by atoms with Crippen LogP contribution in [-0.2, 0) is 9.53 Å². The zero-order valence-electron chi connectivity index (χ0n) is 10.1. The number of ether oxygens (including phenoxy) is 1. The topological polar surface area (TPSA) is 26.3 Å². The van der Waals surface area contributed by atoms with Crippen molar-refractivity contribution in [2.24, 2.45) is 11.3 Å². The lowest BCUT2D eigenvalue weighted by atomic mass is 9.68. The fourth-order valence-electron chi connectivity index (χ4n) is 2.14. The summed E-state index contributed by atoms with van der Waals surface area (Å²) in [6.45, 7) is 10.5. The van der Waals surface area contributed by atoms with Gasteiger partial charge in [0, 0.05) is 6.92 Å². The first kappa shape index (κ1) is 12.3. The molecular weight excluding hydrogens is 188 g/mol. The van der Waals surface area contributed by atoms with Crippen molar-refractivity contribution < 1.29 is 9.53 Å². The van der Waals surface area contributed by atoms with E-state index in [0.717, 1.165) is 12.8 Å². The Morgan fingerprint density at radius 3 is 2.33 bits per heavy atom. The summed E-state index contributed by atoms with van der Waals surface area (Å²) >= 11 is 0. The zero-order chi connectivity index (χ0) is 11.5. The minimum Gasteiger partial charge on any atom is -0.466 e. The molecule has 2 nitrogen and oxygen atoms in total. The fraction of sp³-hybridized carbons (Fsp3) is 0.769. The molecule has 86 valence electrons. The van der Waals surface area contributed by atoms with E-state index < -0.39 is 0 Å². The van der Waals surface area contributed by atoms with Crippen molar-refractivity contribution in [2.75, 3.05) is 6.61 Å². The van der Waals surface area contributed by atoms with Gasteiger partial charge in [-0.15, -0.1) is 0 Å². The maximum absolute atomic E-state index is 10.7. The van der Waals surface area contributed by atoms with Crippen molar-refractivity contribution in [1.82, 2.24) is 0 Å². The Morgan fingerprint density at radius 2 is 1.93 bits per heavy atom. The van der Waals surface area contributed by atoms with Gasteiger partial charge in [-0.2, -0.15) is 0 Å². The first-order valence-corrected chi connectivity index (χ1v) is 5.73. The van der Waals surface area contributed by atoms with E-state index >= 15 is 0 Å². The maximum atomic E-state index is 10.7. The summed E-state index contributed by atoms with van der Waals surface area (Å²) < 4.78 is 5.05. The third-order valence-corrected chi connectivity index (χ3v) is 3.76. The maximum Gasteiger partial charge on any atom is 0.302 e. The molecule has 0 amide bonds. The SMILES string of the molecule is C=C(C)C1(C)CCC(COC(C)=O)CC1. The molecule has 0 aromatic heterocycles. The number of carbonyl (C=O) groups is 1. The van der Waals surface area contributed by atoms with Gasteiger partial charge in [0.25, 0.3) is 0 Å². The Labute approximate surface area is 92.7 Å². The lowest BCUT2D eigenvalue weighted by molar-refractivity contribution is -0.142. The van der Waals surface area contributed by atoms with E-state index in [1.54, 1.807) is 0 Å². The van der Waals surface area contributed by atoms with Crippen LogP contribution in [0.1, 0.15) is 46.5 Å². The van der Waals surface area contributed by atoms with Gasteiger partial charge in [0.1, 0.15) is 0 Å². The fourth-order valence-corrected chi connectivity index (χ4v) is 2.14. The molecule has 0 unspecified atom stereocenters. The van der Waals surface area contributed by atoms with Crippen LogP contribution in [0.4, 0.5) is 0 Å². The van der Waals surface area contributed by atoms with Crippen LogP contribution < -0.4 is 0 Å². The Bertz CT molecular complexity index is 247. The quantitative estimate of drug-likeness (QED) is 0.527. The monoisotopic (exact) mass is 210 g/mol. The van der Waals surface area contributed by atoms with Crippen molar-refractivity contribution >= 4 is 5.97 Å². The van der Waals surface area contributed by atoms with Crippen LogP contribution in [0.5, 0.6) is 0 Å². The average Bonchev–Trinajstić information content (AvgIpc) is 2.16. The summed E-state index contributed by atoms with van der Waals surface area (Å²) in [6.07, 6.45) is 4.65. The molecule has 0 spiro atoms. The normalized spacial score (nSPS) is 31.0. The Morgan fingerprint density at radius 1 is 1.40 bits per heavy atom. The van der Waals surface area contributed by atoms with Crippen LogP contribution in [0.25, 0.3) is 0 Å². The number of carbonyl (C=O) groups excluding carboxylic acids is 1. The lowest BCUT2D eigenvalue weighted by Crippen LogP contribution is -2.27. The van der Waals surface area contributed by atoms with Gasteiger partial charge >= 0.3 is 5.97 Å². The highest BCUT2D eigenvalue weighted by atomic mass is 16.5. The third-order valence-electron chi connectivity index (χ3n) is 3.76. The standard InChI is InChI=1S/C13H22O2/c1-10(2)13(4)7-5-12(6-8-13)9-15-11(3)14/h12H,1,5-9H2,2-4H3. The van der Waals surface area contributed by atoms with E-state index in [2.05, 4.69) is 20.4 Å². The smallest absolute Gasteiger partial charge is 0.302 e. The number of allylic oxidation sites excluding steroid dienone is 1. The predicted octanol–water partition coefficient (Wildman–Crippen LogP) is 3.32. The zero-order valence-corrected chi connectivity index (χ0v) is 10.1. The minimum atomic E-state index is -0.164. The molecule has 1 saturated carbocycles. The number of esters is 1. The second-order valence-corrected chi connectivity index (χ2v) is 5.09. The summed E-state index contributed by atoms with van der Waals surface area (Å²) in [5.41, 5.74) is 1.60. The van der Waals surface area contributed by atoms with Crippen LogP contribution in [0.2, 0.25) is 0 Å². The van der Waals surface area contributed by atoms with Crippen LogP contribution in [-0.4, -0.2) is 12.6 Å². The average molecular weight is 210 g/mol. The van der Waals surface area contributed by atoms with Crippen LogP contribution in [0.15, 0.2) is 12.2 Å². The number of hydrogen-bond donors (Lipinski definition) is 0. The highest BCUT2D eigenvalue weighted by molar-refractivity contribution is 5.65. The minimum absolute atomic E-state index is 0.164. The van der Waals surface area contributed by atoms with Crippen molar-refractivity contribution in [3.8, 4) is 0 Å². The van der Waals surface area contributed by atoms with E-state index in [9.17, 15) is 4.79 Å². The predicted molar refractivity (Wildman–Crippen MR) is 61.5 cm³/mol. The molecule has 0 atom stereocenters.